The van der Waals surface area contributed by atoms with E-state index in [-0.39, 0.29) is 11.3 Å². The van der Waals surface area contributed by atoms with Crippen LogP contribution in [0.2, 0.25) is 0 Å². The van der Waals surface area contributed by atoms with Crippen molar-refractivity contribution in [1.29, 1.82) is 0 Å². The third-order valence-corrected chi connectivity index (χ3v) is 22.4. The summed E-state index contributed by atoms with van der Waals surface area (Å²) < 4.78 is 14.5. The maximum atomic E-state index is 7.52. The van der Waals surface area contributed by atoms with Gasteiger partial charge in [-0.25, -0.2) is 19.9 Å². The zero-order valence-corrected chi connectivity index (χ0v) is 54.5. The van der Waals surface area contributed by atoms with Gasteiger partial charge in [-0.2, -0.15) is 0 Å². The Kier molecular flexibility index (Phi) is 14.2. The predicted octanol–water partition coefficient (Wildman–Crippen LogP) is 21.6. The fraction of sp³-hybridized carbons (Fsp3) is 0.0964. The minimum absolute atomic E-state index is 0.150. The van der Waals surface area contributed by atoms with Gasteiger partial charge in [0.1, 0.15) is 38.1 Å². The summed E-state index contributed by atoms with van der Waals surface area (Å²) in [5.41, 5.74) is 21.9. The van der Waals surface area contributed by atoms with Gasteiger partial charge in [0.2, 0.25) is 0 Å². The Morgan fingerprint density at radius 2 is 0.979 bits per heavy atom. The van der Waals surface area contributed by atoms with E-state index in [1.807, 2.05) is 36.5 Å². The lowest BCUT2D eigenvalue weighted by atomic mass is 9.91. The van der Waals surface area contributed by atoms with E-state index in [4.69, 9.17) is 29.3 Å². The van der Waals surface area contributed by atoms with Crippen LogP contribution in [0.25, 0.3) is 148 Å². The number of benzene rings is 9. The van der Waals surface area contributed by atoms with Gasteiger partial charge in [0, 0.05) is 87.9 Å². The summed E-state index contributed by atoms with van der Waals surface area (Å²) in [7, 11) is 4.21. The minimum Gasteiger partial charge on any atom is -0.455 e. The Bertz CT molecular complexity index is 5440. The third-order valence-electron chi connectivity index (χ3n) is 19.0. The molecule has 1 aliphatic heterocycles. The van der Waals surface area contributed by atoms with E-state index in [9.17, 15) is 0 Å². The highest BCUT2D eigenvalue weighted by molar-refractivity contribution is 8.16. The molecule has 0 bridgehead atoms. The van der Waals surface area contributed by atoms with Crippen LogP contribution in [0.15, 0.2) is 282 Å². The molecule has 0 saturated carbocycles. The van der Waals surface area contributed by atoms with E-state index < -0.39 is 0 Å². The topological polar surface area (TPSA) is 91.8 Å². The van der Waals surface area contributed by atoms with Crippen molar-refractivity contribution >= 4 is 77.8 Å². The molecular formula is C83H60N8OS3. The number of fused-ring (bicyclic) bond motifs is 6. The number of aromatic nitrogens is 7. The highest BCUT2D eigenvalue weighted by Gasteiger charge is 2.36. The molecule has 9 aromatic carbocycles. The van der Waals surface area contributed by atoms with Crippen molar-refractivity contribution in [1.82, 2.24) is 33.6 Å². The molecule has 9 nitrogen and oxygen atoms in total. The van der Waals surface area contributed by atoms with Crippen LogP contribution < -0.4 is 0 Å². The molecule has 2 aliphatic carbocycles. The van der Waals surface area contributed by atoms with Gasteiger partial charge in [-0.05, 0) is 118 Å². The zero-order chi connectivity index (χ0) is 63.1. The van der Waals surface area contributed by atoms with E-state index in [1.54, 1.807) is 22.7 Å². The molecule has 95 heavy (non-hydrogen) atoms. The van der Waals surface area contributed by atoms with Crippen molar-refractivity contribution in [3.63, 3.8) is 0 Å². The highest BCUT2D eigenvalue weighted by atomic mass is 32.2. The summed E-state index contributed by atoms with van der Waals surface area (Å²) >= 11 is 5.27. The molecule has 0 spiro atoms. The summed E-state index contributed by atoms with van der Waals surface area (Å²) in [6.45, 7) is 0.699. The maximum absolute atomic E-state index is 7.52. The van der Waals surface area contributed by atoms with Crippen molar-refractivity contribution in [3.05, 3.63) is 284 Å². The number of nitrogens with zero attached hydrogens (tertiary/aromatic N) is 8. The monoisotopic (exact) mass is 1280 g/mol. The highest BCUT2D eigenvalue weighted by Crippen LogP contribution is 2.50. The summed E-state index contributed by atoms with van der Waals surface area (Å²) in [6.07, 6.45) is 20.2. The molecule has 12 heteroatoms. The second-order valence-corrected chi connectivity index (χ2v) is 27.9. The van der Waals surface area contributed by atoms with Crippen LogP contribution >= 0.6 is 34.4 Å². The maximum Gasteiger partial charge on any atom is 0.145 e. The van der Waals surface area contributed by atoms with E-state index in [1.165, 1.54) is 16.3 Å². The molecule has 0 N–H and O–H groups in total. The fourth-order valence-corrected chi connectivity index (χ4v) is 17.2. The average Bonchev–Trinajstić information content (AvgIpc) is 1.57. The number of allylic oxidation sites excluding steroid dienone is 4. The first-order valence-corrected chi connectivity index (χ1v) is 34.8. The SMILES string of the molecule is Cn1c(-c2ccccc2)cnc1-c1cccc(-c2ccc3c(c2)c2cc(-c4cccc(-c5ncc(-c6ccccc6)n5C)c4)ccc2n3C2C=C(C3=NCC(C4=CCCC=C4)S3)c3oc4c(-c5ncc(-c6ccccc6)s5)cc(-c5ncc(-c6ccccc6)s5)cc4c3C2)c1. The zero-order valence-electron chi connectivity index (χ0n) is 52.1. The number of aliphatic imine (C=N–C) groups is 1. The lowest BCUT2D eigenvalue weighted by Crippen LogP contribution is -2.16. The molecule has 456 valence electrons. The average molecular weight is 1280 g/mol. The van der Waals surface area contributed by atoms with Crippen molar-refractivity contribution in [2.75, 3.05) is 6.54 Å². The van der Waals surface area contributed by atoms with Gasteiger partial charge >= 0.3 is 0 Å². The van der Waals surface area contributed by atoms with Gasteiger partial charge in [0.05, 0.1) is 56.9 Å². The Hall–Kier alpha value is -10.8. The Balaban J connectivity index is 0.817. The van der Waals surface area contributed by atoms with Gasteiger partial charge < -0.3 is 18.1 Å². The molecule has 7 heterocycles. The van der Waals surface area contributed by atoms with E-state index >= 15 is 0 Å². The van der Waals surface area contributed by atoms with Gasteiger partial charge in [0.25, 0.3) is 0 Å². The lowest BCUT2D eigenvalue weighted by molar-refractivity contribution is 0.570. The summed E-state index contributed by atoms with van der Waals surface area (Å²) in [6, 6.07) is 78.3. The molecule has 0 radical (unpaired) electrons. The largest absolute Gasteiger partial charge is 0.455 e. The summed E-state index contributed by atoms with van der Waals surface area (Å²) in [4.78, 5) is 28.0. The van der Waals surface area contributed by atoms with Crippen LogP contribution in [0.1, 0.15) is 30.2 Å². The Morgan fingerprint density at radius 1 is 0.463 bits per heavy atom. The predicted molar refractivity (Wildman–Crippen MR) is 396 cm³/mol. The van der Waals surface area contributed by atoms with Crippen molar-refractivity contribution < 1.29 is 4.42 Å². The Labute approximate surface area is 562 Å². The summed E-state index contributed by atoms with van der Waals surface area (Å²) in [5.74, 6) is 2.70. The van der Waals surface area contributed by atoms with Gasteiger partial charge in [-0.15, -0.1) is 22.7 Å². The Morgan fingerprint density at radius 3 is 1.55 bits per heavy atom. The normalized spacial score (nSPS) is 15.4. The number of hydrogen-bond acceptors (Lipinski definition) is 9. The number of rotatable bonds is 13. The molecule has 0 saturated heterocycles. The molecule has 15 aromatic rings. The van der Waals surface area contributed by atoms with Crippen LogP contribution in [-0.4, -0.2) is 50.5 Å². The molecule has 3 aliphatic rings. The lowest BCUT2D eigenvalue weighted by Gasteiger charge is -2.25. The van der Waals surface area contributed by atoms with Gasteiger partial charge in [-0.1, -0.05) is 200 Å². The van der Waals surface area contributed by atoms with Crippen LogP contribution in [0.4, 0.5) is 0 Å². The molecule has 2 atom stereocenters. The number of furan rings is 1. The van der Waals surface area contributed by atoms with Crippen molar-refractivity contribution in [3.8, 4) is 110 Å². The summed E-state index contributed by atoms with van der Waals surface area (Å²) in [5, 5.41) is 6.45. The number of thiazole rings is 2. The van der Waals surface area contributed by atoms with E-state index in [2.05, 4.69) is 270 Å². The van der Waals surface area contributed by atoms with Crippen molar-refractivity contribution in [2.24, 2.45) is 19.1 Å². The third kappa shape index (κ3) is 10.2. The van der Waals surface area contributed by atoms with Gasteiger partial charge in [0.15, 0.2) is 0 Å². The molecule has 0 fully saturated rings. The van der Waals surface area contributed by atoms with Crippen LogP contribution in [0.3, 0.4) is 0 Å². The smallest absolute Gasteiger partial charge is 0.145 e. The molecule has 18 rings (SSSR count). The van der Waals surface area contributed by atoms with Crippen LogP contribution in [-0.2, 0) is 20.5 Å². The van der Waals surface area contributed by atoms with Crippen molar-refractivity contribution in [2.45, 2.75) is 30.6 Å². The molecule has 2 unspecified atom stereocenters. The number of imidazole rings is 2. The first-order valence-electron chi connectivity index (χ1n) is 32.3. The van der Waals surface area contributed by atoms with E-state index in [0.717, 1.165) is 166 Å². The molecular weight excluding hydrogens is 1220 g/mol. The first-order chi connectivity index (χ1) is 46.9. The second kappa shape index (κ2) is 23.7. The first kappa shape index (κ1) is 56.9. The van der Waals surface area contributed by atoms with Crippen LogP contribution in [0.5, 0.6) is 0 Å². The standard InChI is InChI=1S/C83H60N8OS3/c1-89-72(51-20-8-3-9-21-51)46-84-79(89)60-32-18-30-56(38-60)58-34-36-70-64(40-58)65-41-59(57-31-19-33-61(39-57)80-85-47-73(90(80)2)52-22-10-4-11-23-52)35-37-71(65)91(70)63-44-67-66-42-62(81-86-48-74(93-81)53-24-12-5-13-25-53)43-68(82-87-49-75(94-82)54-26-14-6-15-27-54)77(66)92-78(67)69(45-63)83-88-50-76(95-83)55-28-16-7-17-29-55/h3-6,8-16,18-43,45-49,63,76H,7,17,44,50H2,1-2H3. The molecule has 6 aromatic heterocycles. The number of hydrogen-bond donors (Lipinski definition) is 0. The number of thioether (sulfide) groups is 1. The second-order valence-electron chi connectivity index (χ2n) is 24.7. The van der Waals surface area contributed by atoms with Crippen LogP contribution in [0, 0.1) is 0 Å². The quantitative estimate of drug-likeness (QED) is 0.114. The fourth-order valence-electron chi connectivity index (χ4n) is 14.2. The van der Waals surface area contributed by atoms with E-state index in [0.29, 0.717) is 13.0 Å². The minimum atomic E-state index is -0.150. The van der Waals surface area contributed by atoms with Gasteiger partial charge in [-0.3, -0.25) is 4.99 Å². The molecule has 0 amide bonds.